The molecule has 1 saturated heterocycles. The minimum Gasteiger partial charge on any atom is -0.298 e. The van der Waals surface area contributed by atoms with E-state index in [9.17, 15) is 9.18 Å². The van der Waals surface area contributed by atoms with Crippen LogP contribution in [0.5, 0.6) is 0 Å². The van der Waals surface area contributed by atoms with Crippen molar-refractivity contribution < 1.29 is 9.18 Å². The molecule has 2 nitrogen and oxygen atoms in total. The molecule has 0 aromatic heterocycles. The van der Waals surface area contributed by atoms with Crippen LogP contribution in [0.25, 0.3) is 0 Å². The molecule has 1 fully saturated rings. The summed E-state index contributed by atoms with van der Waals surface area (Å²) < 4.78 is 13.3. The summed E-state index contributed by atoms with van der Waals surface area (Å²) in [5, 5.41) is 0. The van der Waals surface area contributed by atoms with Gasteiger partial charge >= 0.3 is 0 Å². The van der Waals surface area contributed by atoms with Gasteiger partial charge in [0, 0.05) is 13.1 Å². The summed E-state index contributed by atoms with van der Waals surface area (Å²) in [6.45, 7) is 2.75. The Morgan fingerprint density at radius 1 is 1.36 bits per heavy atom. The third-order valence-electron chi connectivity index (χ3n) is 2.19. The van der Waals surface area contributed by atoms with Gasteiger partial charge in [0.1, 0.15) is 0 Å². The van der Waals surface area contributed by atoms with E-state index in [2.05, 4.69) is 0 Å². The first kappa shape index (κ1) is 8.65. The molecule has 0 amide bonds. The van der Waals surface area contributed by atoms with Crippen molar-refractivity contribution in [2.24, 2.45) is 0 Å². The zero-order valence-electron chi connectivity index (χ0n) is 6.85. The van der Waals surface area contributed by atoms with E-state index >= 15 is 0 Å². The van der Waals surface area contributed by atoms with Crippen LogP contribution in [0.1, 0.15) is 26.2 Å². The Hall–Kier alpha value is -0.440. The highest BCUT2D eigenvalue weighted by molar-refractivity contribution is 5.60. The van der Waals surface area contributed by atoms with Crippen LogP contribution in [0.2, 0.25) is 0 Å². The second kappa shape index (κ2) is 3.30. The molecular weight excluding hydrogens is 145 g/mol. The fraction of sp³-hybridized carbons (Fsp3) is 0.875. The highest BCUT2D eigenvalue weighted by Gasteiger charge is 2.31. The van der Waals surface area contributed by atoms with E-state index in [0.29, 0.717) is 19.4 Å². The Balaban J connectivity index is 2.50. The number of piperidine rings is 1. The average molecular weight is 159 g/mol. The fourth-order valence-electron chi connectivity index (χ4n) is 1.41. The first-order valence-corrected chi connectivity index (χ1v) is 4.07. The normalized spacial score (nSPS) is 26.0. The molecule has 0 bridgehead atoms. The molecule has 0 aromatic rings. The predicted octanol–water partition coefficient (Wildman–Crippen LogP) is 1.36. The van der Waals surface area contributed by atoms with Crippen molar-refractivity contribution in [1.82, 2.24) is 4.90 Å². The Morgan fingerprint density at radius 3 is 2.36 bits per heavy atom. The van der Waals surface area contributed by atoms with Gasteiger partial charge < -0.3 is 0 Å². The molecule has 0 aromatic carbocycles. The van der Waals surface area contributed by atoms with Gasteiger partial charge in [-0.3, -0.25) is 9.69 Å². The summed E-state index contributed by atoms with van der Waals surface area (Å²) in [5.74, 6) is -1.74. The SMILES string of the molecule is CC(F)(C=O)N1CCCCC1. The number of rotatable bonds is 2. The van der Waals surface area contributed by atoms with Crippen molar-refractivity contribution in [2.75, 3.05) is 13.1 Å². The maximum absolute atomic E-state index is 13.3. The van der Waals surface area contributed by atoms with E-state index < -0.39 is 5.79 Å². The van der Waals surface area contributed by atoms with E-state index in [1.807, 2.05) is 0 Å². The lowest BCUT2D eigenvalue weighted by Gasteiger charge is -2.33. The number of halogens is 1. The molecule has 64 valence electrons. The fourth-order valence-corrected chi connectivity index (χ4v) is 1.41. The third kappa shape index (κ3) is 1.99. The Labute approximate surface area is 66.4 Å². The van der Waals surface area contributed by atoms with Crippen molar-refractivity contribution in [2.45, 2.75) is 32.0 Å². The van der Waals surface area contributed by atoms with Gasteiger partial charge in [-0.05, 0) is 19.8 Å². The minimum absolute atomic E-state index is 0.387. The standard InChI is InChI=1S/C8H14FNO/c1-8(9,7-11)10-5-3-2-4-6-10/h7H,2-6H2,1H3. The molecule has 1 unspecified atom stereocenters. The third-order valence-corrected chi connectivity index (χ3v) is 2.19. The van der Waals surface area contributed by atoms with Crippen molar-refractivity contribution >= 4 is 6.29 Å². The van der Waals surface area contributed by atoms with Gasteiger partial charge in [0.15, 0.2) is 6.29 Å². The zero-order valence-corrected chi connectivity index (χ0v) is 6.85. The van der Waals surface area contributed by atoms with Crippen LogP contribution < -0.4 is 0 Å². The number of likely N-dealkylation sites (tertiary alicyclic amines) is 1. The maximum Gasteiger partial charge on any atom is 0.216 e. The summed E-state index contributed by atoms with van der Waals surface area (Å²) in [5.41, 5.74) is 0. The van der Waals surface area contributed by atoms with E-state index in [1.165, 1.54) is 6.92 Å². The summed E-state index contributed by atoms with van der Waals surface area (Å²) in [6, 6.07) is 0. The van der Waals surface area contributed by atoms with Crippen LogP contribution in [0.3, 0.4) is 0 Å². The van der Waals surface area contributed by atoms with E-state index in [4.69, 9.17) is 0 Å². The van der Waals surface area contributed by atoms with E-state index in [1.54, 1.807) is 4.90 Å². The lowest BCUT2D eigenvalue weighted by Crippen LogP contribution is -2.46. The summed E-state index contributed by atoms with van der Waals surface area (Å²) >= 11 is 0. The quantitative estimate of drug-likeness (QED) is 0.448. The molecule has 1 heterocycles. The second-order valence-electron chi connectivity index (χ2n) is 3.19. The number of nitrogens with zero attached hydrogens (tertiary/aromatic N) is 1. The molecule has 1 rings (SSSR count). The molecule has 1 aliphatic heterocycles. The molecule has 0 saturated carbocycles. The maximum atomic E-state index is 13.3. The molecule has 11 heavy (non-hydrogen) atoms. The average Bonchev–Trinajstić information content (AvgIpc) is 2.06. The summed E-state index contributed by atoms with van der Waals surface area (Å²) in [4.78, 5) is 11.9. The number of aldehydes is 1. The van der Waals surface area contributed by atoms with Crippen LogP contribution in [0.15, 0.2) is 0 Å². The molecule has 0 spiro atoms. The Kier molecular flexibility index (Phi) is 2.60. The summed E-state index contributed by atoms with van der Waals surface area (Å²) in [7, 11) is 0. The summed E-state index contributed by atoms with van der Waals surface area (Å²) in [6.07, 6.45) is 3.56. The molecular formula is C8H14FNO. The number of hydrogen-bond acceptors (Lipinski definition) is 2. The number of carbonyl (C=O) groups is 1. The van der Waals surface area contributed by atoms with Gasteiger partial charge in [0.05, 0.1) is 0 Å². The topological polar surface area (TPSA) is 20.3 Å². The van der Waals surface area contributed by atoms with Gasteiger partial charge in [-0.15, -0.1) is 0 Å². The van der Waals surface area contributed by atoms with Crippen LogP contribution in [0, 0.1) is 0 Å². The van der Waals surface area contributed by atoms with E-state index in [-0.39, 0.29) is 0 Å². The van der Waals surface area contributed by atoms with Crippen LogP contribution in [-0.4, -0.2) is 30.1 Å². The Bertz CT molecular complexity index is 141. The molecule has 3 heteroatoms. The van der Waals surface area contributed by atoms with Crippen LogP contribution >= 0.6 is 0 Å². The number of carbonyl (C=O) groups excluding carboxylic acids is 1. The largest absolute Gasteiger partial charge is 0.298 e. The van der Waals surface area contributed by atoms with Gasteiger partial charge in [0.25, 0.3) is 0 Å². The van der Waals surface area contributed by atoms with Crippen molar-refractivity contribution in [1.29, 1.82) is 0 Å². The van der Waals surface area contributed by atoms with E-state index in [0.717, 1.165) is 19.3 Å². The lowest BCUT2D eigenvalue weighted by molar-refractivity contribution is -0.130. The number of alkyl halides is 1. The van der Waals surface area contributed by atoms with Gasteiger partial charge in [-0.2, -0.15) is 0 Å². The first-order valence-electron chi connectivity index (χ1n) is 4.07. The number of hydrogen-bond donors (Lipinski definition) is 0. The minimum atomic E-state index is -1.74. The van der Waals surface area contributed by atoms with Gasteiger partial charge in [-0.1, -0.05) is 6.42 Å². The molecule has 0 aliphatic carbocycles. The molecule has 1 atom stereocenters. The van der Waals surface area contributed by atoms with Gasteiger partial charge in [0.2, 0.25) is 5.79 Å². The van der Waals surface area contributed by atoms with Crippen molar-refractivity contribution in [3.63, 3.8) is 0 Å². The van der Waals surface area contributed by atoms with Gasteiger partial charge in [-0.25, -0.2) is 4.39 Å². The monoisotopic (exact) mass is 159 g/mol. The Morgan fingerprint density at radius 2 is 1.91 bits per heavy atom. The van der Waals surface area contributed by atoms with Crippen LogP contribution in [-0.2, 0) is 4.79 Å². The predicted molar refractivity (Wildman–Crippen MR) is 41.0 cm³/mol. The second-order valence-corrected chi connectivity index (χ2v) is 3.19. The first-order chi connectivity index (χ1) is 5.17. The van der Waals surface area contributed by atoms with Crippen molar-refractivity contribution in [3.8, 4) is 0 Å². The molecule has 0 radical (unpaired) electrons. The molecule has 0 N–H and O–H groups in total. The zero-order chi connectivity index (χ0) is 8.32. The smallest absolute Gasteiger partial charge is 0.216 e. The highest BCUT2D eigenvalue weighted by atomic mass is 19.1. The highest BCUT2D eigenvalue weighted by Crippen LogP contribution is 2.19. The molecule has 1 aliphatic rings. The van der Waals surface area contributed by atoms with Crippen molar-refractivity contribution in [3.05, 3.63) is 0 Å². The lowest BCUT2D eigenvalue weighted by atomic mass is 10.1. The van der Waals surface area contributed by atoms with Crippen LogP contribution in [0.4, 0.5) is 4.39 Å².